The molecule has 0 spiro atoms. The molecule has 0 aliphatic heterocycles. The molecular weight excluding hydrogens is 370 g/mol. The fourth-order valence-corrected chi connectivity index (χ4v) is 3.08. The van der Waals surface area contributed by atoms with E-state index in [1.807, 2.05) is 24.3 Å². The van der Waals surface area contributed by atoms with E-state index in [0.717, 1.165) is 35.8 Å². The van der Waals surface area contributed by atoms with Crippen LogP contribution in [0.3, 0.4) is 0 Å². The van der Waals surface area contributed by atoms with Crippen LogP contribution in [0.5, 0.6) is 5.75 Å². The largest absolute Gasteiger partial charge is 0.484 e. The maximum absolute atomic E-state index is 12.0. The molecule has 6 heteroatoms. The second-order valence-corrected chi connectivity index (χ2v) is 6.87. The highest BCUT2D eigenvalue weighted by Gasteiger charge is 2.11. The highest BCUT2D eigenvalue weighted by atomic mass is 16.5. The molecule has 0 bridgehead atoms. The van der Waals surface area contributed by atoms with Crippen LogP contribution in [0, 0.1) is 0 Å². The van der Waals surface area contributed by atoms with E-state index < -0.39 is 11.7 Å². The van der Waals surface area contributed by atoms with E-state index in [1.165, 1.54) is 6.07 Å². The van der Waals surface area contributed by atoms with Crippen LogP contribution in [-0.4, -0.2) is 24.2 Å². The lowest BCUT2D eigenvalue weighted by Crippen LogP contribution is -2.32. The Kier molecular flexibility index (Phi) is 7.03. The SMILES string of the molecule is CCCCc1cc(=O)oc2cc(OCC(=O)NC[C@H](O)c3ccccc3)ccc12. The van der Waals surface area contributed by atoms with Crippen LogP contribution in [0.2, 0.25) is 0 Å². The maximum atomic E-state index is 12.0. The Morgan fingerprint density at radius 2 is 1.97 bits per heavy atom. The summed E-state index contributed by atoms with van der Waals surface area (Å²) in [5.41, 5.74) is 1.74. The molecule has 0 saturated carbocycles. The van der Waals surface area contributed by atoms with Gasteiger partial charge in [0.25, 0.3) is 5.91 Å². The standard InChI is InChI=1S/C23H25NO5/c1-2-3-7-17-12-23(27)29-21-13-18(10-11-19(17)21)28-15-22(26)24-14-20(25)16-8-5-4-6-9-16/h4-6,8-13,20,25H,2-3,7,14-15H2,1H3,(H,24,26)/t20-/m0/s1. The molecule has 2 N–H and O–H groups in total. The molecule has 3 aromatic rings. The number of hydrogen-bond acceptors (Lipinski definition) is 5. The van der Waals surface area contributed by atoms with Gasteiger partial charge in [0, 0.05) is 24.1 Å². The summed E-state index contributed by atoms with van der Waals surface area (Å²) < 4.78 is 10.8. The second-order valence-electron chi connectivity index (χ2n) is 6.87. The van der Waals surface area contributed by atoms with Crippen molar-refractivity contribution in [3.8, 4) is 5.75 Å². The number of benzene rings is 2. The van der Waals surface area contributed by atoms with Crippen molar-refractivity contribution in [2.24, 2.45) is 0 Å². The number of nitrogens with one attached hydrogen (secondary N) is 1. The molecule has 6 nitrogen and oxygen atoms in total. The molecule has 1 aromatic heterocycles. The molecule has 0 unspecified atom stereocenters. The van der Waals surface area contributed by atoms with Gasteiger partial charge < -0.3 is 19.6 Å². The molecular formula is C23H25NO5. The first kappa shape index (κ1) is 20.6. The number of aliphatic hydroxyl groups excluding tert-OH is 1. The van der Waals surface area contributed by atoms with Crippen LogP contribution in [0.1, 0.15) is 37.0 Å². The van der Waals surface area contributed by atoms with Crippen LogP contribution >= 0.6 is 0 Å². The van der Waals surface area contributed by atoms with Gasteiger partial charge >= 0.3 is 5.63 Å². The van der Waals surface area contributed by atoms with E-state index in [2.05, 4.69) is 12.2 Å². The molecule has 0 saturated heterocycles. The van der Waals surface area contributed by atoms with E-state index in [0.29, 0.717) is 11.3 Å². The molecule has 1 amide bonds. The van der Waals surface area contributed by atoms with Gasteiger partial charge in [-0.3, -0.25) is 4.79 Å². The van der Waals surface area contributed by atoms with Gasteiger partial charge in [-0.05, 0) is 36.1 Å². The number of ether oxygens (including phenoxy) is 1. The van der Waals surface area contributed by atoms with Crippen LogP contribution in [-0.2, 0) is 11.2 Å². The Labute approximate surface area is 169 Å². The van der Waals surface area contributed by atoms with Crippen LogP contribution < -0.4 is 15.7 Å². The van der Waals surface area contributed by atoms with Crippen molar-refractivity contribution < 1.29 is 19.1 Å². The molecule has 0 aliphatic rings. The summed E-state index contributed by atoms with van der Waals surface area (Å²) in [5, 5.41) is 13.6. The van der Waals surface area contributed by atoms with E-state index in [-0.39, 0.29) is 19.1 Å². The normalized spacial score (nSPS) is 11.9. The third kappa shape index (κ3) is 5.68. The molecule has 2 aromatic carbocycles. The number of aryl methyl sites for hydroxylation is 1. The second kappa shape index (κ2) is 9.89. The fraction of sp³-hybridized carbons (Fsp3) is 0.304. The number of unbranched alkanes of at least 4 members (excludes halogenated alkanes) is 1. The Morgan fingerprint density at radius 1 is 1.17 bits per heavy atom. The van der Waals surface area contributed by atoms with Gasteiger partial charge in [0.15, 0.2) is 6.61 Å². The lowest BCUT2D eigenvalue weighted by molar-refractivity contribution is -0.123. The highest BCUT2D eigenvalue weighted by molar-refractivity contribution is 5.82. The van der Waals surface area contributed by atoms with E-state index in [9.17, 15) is 14.7 Å². The summed E-state index contributed by atoms with van der Waals surface area (Å²) >= 11 is 0. The number of rotatable bonds is 9. The number of carbonyl (C=O) groups excluding carboxylic acids is 1. The molecule has 0 radical (unpaired) electrons. The Balaban J connectivity index is 1.58. The van der Waals surface area contributed by atoms with E-state index in [1.54, 1.807) is 24.3 Å². The van der Waals surface area contributed by atoms with Crippen LogP contribution in [0.4, 0.5) is 0 Å². The van der Waals surface area contributed by atoms with Gasteiger partial charge in [0.05, 0.1) is 6.10 Å². The third-order valence-corrected chi connectivity index (χ3v) is 4.65. The third-order valence-electron chi connectivity index (χ3n) is 4.65. The molecule has 0 aliphatic carbocycles. The highest BCUT2D eigenvalue weighted by Crippen LogP contribution is 2.23. The zero-order valence-corrected chi connectivity index (χ0v) is 16.4. The van der Waals surface area contributed by atoms with Gasteiger partial charge in [-0.1, -0.05) is 43.7 Å². The van der Waals surface area contributed by atoms with Gasteiger partial charge in [-0.25, -0.2) is 4.79 Å². The average Bonchev–Trinajstić information content (AvgIpc) is 2.74. The van der Waals surface area contributed by atoms with E-state index in [4.69, 9.17) is 9.15 Å². The minimum Gasteiger partial charge on any atom is -0.484 e. The van der Waals surface area contributed by atoms with Crippen molar-refractivity contribution in [2.75, 3.05) is 13.2 Å². The monoisotopic (exact) mass is 395 g/mol. The predicted molar refractivity (Wildman–Crippen MR) is 111 cm³/mol. The summed E-state index contributed by atoms with van der Waals surface area (Å²) in [6.07, 6.45) is 2.06. The summed E-state index contributed by atoms with van der Waals surface area (Å²) in [7, 11) is 0. The minimum absolute atomic E-state index is 0.0968. The summed E-state index contributed by atoms with van der Waals surface area (Å²) in [6.45, 7) is 2.00. The van der Waals surface area contributed by atoms with Gasteiger partial charge in [0.2, 0.25) is 0 Å². The Bertz CT molecular complexity index is 1010. The van der Waals surface area contributed by atoms with Crippen molar-refractivity contribution in [1.82, 2.24) is 5.32 Å². The Morgan fingerprint density at radius 3 is 2.72 bits per heavy atom. The predicted octanol–water partition coefficient (Wildman–Crippen LogP) is 3.36. The number of amides is 1. The Hall–Kier alpha value is -3.12. The molecule has 1 atom stereocenters. The van der Waals surface area contributed by atoms with Crippen molar-refractivity contribution in [2.45, 2.75) is 32.3 Å². The summed E-state index contributed by atoms with van der Waals surface area (Å²) in [6, 6.07) is 15.9. The quantitative estimate of drug-likeness (QED) is 0.543. The number of hydrogen-bond donors (Lipinski definition) is 2. The van der Waals surface area contributed by atoms with Crippen molar-refractivity contribution in [3.63, 3.8) is 0 Å². The summed E-state index contributed by atoms with van der Waals surface area (Å²) in [5.74, 6) is 0.0882. The number of carbonyl (C=O) groups is 1. The molecule has 1 heterocycles. The lowest BCUT2D eigenvalue weighted by Gasteiger charge is -2.13. The average molecular weight is 395 g/mol. The zero-order valence-electron chi connectivity index (χ0n) is 16.4. The van der Waals surface area contributed by atoms with E-state index >= 15 is 0 Å². The topological polar surface area (TPSA) is 88.8 Å². The first-order chi connectivity index (χ1) is 14.1. The van der Waals surface area contributed by atoms with Gasteiger partial charge in [-0.2, -0.15) is 0 Å². The van der Waals surface area contributed by atoms with Gasteiger partial charge in [-0.15, -0.1) is 0 Å². The van der Waals surface area contributed by atoms with Crippen LogP contribution in [0.25, 0.3) is 11.0 Å². The zero-order chi connectivity index (χ0) is 20.6. The van der Waals surface area contributed by atoms with Gasteiger partial charge in [0.1, 0.15) is 11.3 Å². The smallest absolute Gasteiger partial charge is 0.336 e. The lowest BCUT2D eigenvalue weighted by atomic mass is 10.0. The molecule has 0 fully saturated rings. The number of aliphatic hydroxyl groups is 1. The van der Waals surface area contributed by atoms with Crippen molar-refractivity contribution in [1.29, 1.82) is 0 Å². The minimum atomic E-state index is -0.781. The van der Waals surface area contributed by atoms with Crippen molar-refractivity contribution in [3.05, 3.63) is 76.1 Å². The maximum Gasteiger partial charge on any atom is 0.336 e. The van der Waals surface area contributed by atoms with Crippen LogP contribution in [0.15, 0.2) is 63.8 Å². The number of fused-ring (bicyclic) bond motifs is 1. The molecule has 152 valence electrons. The van der Waals surface area contributed by atoms with Crippen molar-refractivity contribution >= 4 is 16.9 Å². The first-order valence-electron chi connectivity index (χ1n) is 9.76. The summed E-state index contributed by atoms with van der Waals surface area (Å²) in [4.78, 5) is 23.8. The first-order valence-corrected chi connectivity index (χ1v) is 9.76. The molecule has 29 heavy (non-hydrogen) atoms. The fourth-order valence-electron chi connectivity index (χ4n) is 3.08. The molecule has 3 rings (SSSR count).